The van der Waals surface area contributed by atoms with Gasteiger partial charge in [0.05, 0.1) is 6.10 Å². The molecular weight excluding hydrogens is 220 g/mol. The maximum atomic E-state index is 10.7. The van der Waals surface area contributed by atoms with Crippen LogP contribution in [0.3, 0.4) is 0 Å². The molecule has 0 aliphatic heterocycles. The lowest BCUT2D eigenvalue weighted by atomic mass is 9.76. The third-order valence-electron chi connectivity index (χ3n) is 5.04. The van der Waals surface area contributed by atoms with Crippen LogP contribution in [0, 0.1) is 11.8 Å². The summed E-state index contributed by atoms with van der Waals surface area (Å²) < 4.78 is 0. The zero-order valence-corrected chi connectivity index (χ0v) is 11.3. The molecule has 2 saturated carbocycles. The highest BCUT2D eigenvalue weighted by Crippen LogP contribution is 2.44. The second-order valence-electron chi connectivity index (χ2n) is 6.38. The van der Waals surface area contributed by atoms with Gasteiger partial charge in [0.25, 0.3) is 0 Å². The molecule has 0 aromatic heterocycles. The fourth-order valence-corrected chi connectivity index (χ4v) is 3.66. The molecule has 1 nitrogen and oxygen atoms in total. The van der Waals surface area contributed by atoms with Crippen LogP contribution in [0.25, 0.3) is 0 Å². The highest BCUT2D eigenvalue weighted by Gasteiger charge is 2.31. The Morgan fingerprint density at radius 3 is 2.50 bits per heavy atom. The SMILES string of the molecule is CC1CCC(C(O)c2ccccc2C2CCC2)C1. The van der Waals surface area contributed by atoms with Crippen molar-refractivity contribution >= 4 is 0 Å². The van der Waals surface area contributed by atoms with Crippen molar-refractivity contribution in [2.24, 2.45) is 11.8 Å². The molecule has 18 heavy (non-hydrogen) atoms. The Hall–Kier alpha value is -0.820. The molecule has 3 atom stereocenters. The minimum Gasteiger partial charge on any atom is -0.388 e. The van der Waals surface area contributed by atoms with Gasteiger partial charge < -0.3 is 5.11 Å². The van der Waals surface area contributed by atoms with E-state index in [0.29, 0.717) is 5.92 Å². The molecule has 0 saturated heterocycles. The Balaban J connectivity index is 1.82. The van der Waals surface area contributed by atoms with Gasteiger partial charge in [0.15, 0.2) is 0 Å². The summed E-state index contributed by atoms with van der Waals surface area (Å²) in [4.78, 5) is 0. The first-order chi connectivity index (χ1) is 8.75. The highest BCUT2D eigenvalue weighted by molar-refractivity contribution is 5.33. The van der Waals surface area contributed by atoms with E-state index < -0.39 is 0 Å². The molecular formula is C17H24O. The third kappa shape index (κ3) is 2.21. The molecule has 2 aliphatic rings. The van der Waals surface area contributed by atoms with Gasteiger partial charge in [0.1, 0.15) is 0 Å². The summed E-state index contributed by atoms with van der Waals surface area (Å²) in [7, 11) is 0. The van der Waals surface area contributed by atoms with Crippen LogP contribution in [-0.2, 0) is 0 Å². The smallest absolute Gasteiger partial charge is 0.0821 e. The number of benzene rings is 1. The molecule has 3 rings (SSSR count). The van der Waals surface area contributed by atoms with E-state index in [9.17, 15) is 5.11 Å². The first-order valence-corrected chi connectivity index (χ1v) is 7.52. The second-order valence-corrected chi connectivity index (χ2v) is 6.38. The molecule has 98 valence electrons. The molecule has 0 radical (unpaired) electrons. The lowest BCUT2D eigenvalue weighted by molar-refractivity contribution is 0.108. The summed E-state index contributed by atoms with van der Waals surface area (Å²) in [5.41, 5.74) is 2.65. The van der Waals surface area contributed by atoms with Crippen molar-refractivity contribution < 1.29 is 5.11 Å². The fourth-order valence-electron chi connectivity index (χ4n) is 3.66. The maximum Gasteiger partial charge on any atom is 0.0821 e. The molecule has 2 fully saturated rings. The number of hydrogen-bond donors (Lipinski definition) is 1. The van der Waals surface area contributed by atoms with E-state index in [-0.39, 0.29) is 6.10 Å². The number of hydrogen-bond acceptors (Lipinski definition) is 1. The molecule has 1 heteroatoms. The molecule has 2 aliphatic carbocycles. The van der Waals surface area contributed by atoms with E-state index in [1.54, 1.807) is 0 Å². The zero-order chi connectivity index (χ0) is 12.5. The average Bonchev–Trinajstić information content (AvgIpc) is 2.74. The van der Waals surface area contributed by atoms with Crippen LogP contribution in [-0.4, -0.2) is 5.11 Å². The summed E-state index contributed by atoms with van der Waals surface area (Å²) in [6.07, 6.45) is 7.42. The monoisotopic (exact) mass is 244 g/mol. The Kier molecular flexibility index (Phi) is 3.43. The molecule has 0 heterocycles. The number of aliphatic hydroxyl groups is 1. The Labute approximate surface area is 110 Å². The molecule has 1 aromatic carbocycles. The van der Waals surface area contributed by atoms with Crippen LogP contribution in [0.4, 0.5) is 0 Å². The van der Waals surface area contributed by atoms with Crippen LogP contribution < -0.4 is 0 Å². The minimum absolute atomic E-state index is 0.230. The van der Waals surface area contributed by atoms with Gasteiger partial charge in [-0.15, -0.1) is 0 Å². The van der Waals surface area contributed by atoms with E-state index in [1.165, 1.54) is 49.7 Å². The van der Waals surface area contributed by atoms with E-state index in [1.807, 2.05) is 0 Å². The largest absolute Gasteiger partial charge is 0.388 e. The maximum absolute atomic E-state index is 10.7. The van der Waals surface area contributed by atoms with Gasteiger partial charge >= 0.3 is 0 Å². The lowest BCUT2D eigenvalue weighted by Gasteiger charge is -2.30. The Morgan fingerprint density at radius 1 is 1.11 bits per heavy atom. The highest BCUT2D eigenvalue weighted by atomic mass is 16.3. The van der Waals surface area contributed by atoms with Gasteiger partial charge in [-0.05, 0) is 54.6 Å². The third-order valence-corrected chi connectivity index (χ3v) is 5.04. The summed E-state index contributed by atoms with van der Waals surface area (Å²) in [6, 6.07) is 8.60. The van der Waals surface area contributed by atoms with E-state index in [2.05, 4.69) is 31.2 Å². The van der Waals surface area contributed by atoms with Gasteiger partial charge in [-0.3, -0.25) is 0 Å². The summed E-state index contributed by atoms with van der Waals surface area (Å²) >= 11 is 0. The van der Waals surface area contributed by atoms with E-state index in [0.717, 1.165) is 11.8 Å². The van der Waals surface area contributed by atoms with Crippen LogP contribution in [0.15, 0.2) is 24.3 Å². The standard InChI is InChI=1S/C17H24O/c1-12-9-10-14(11-12)17(18)16-8-3-2-7-15(16)13-5-4-6-13/h2-3,7-8,12-14,17-18H,4-6,9-11H2,1H3. The first kappa shape index (κ1) is 12.2. The van der Waals surface area contributed by atoms with Gasteiger partial charge in [0.2, 0.25) is 0 Å². The Morgan fingerprint density at radius 2 is 1.89 bits per heavy atom. The summed E-state index contributed by atoms with van der Waals surface area (Å²) in [5, 5.41) is 10.7. The molecule has 0 amide bonds. The van der Waals surface area contributed by atoms with Crippen LogP contribution in [0.1, 0.15) is 68.6 Å². The topological polar surface area (TPSA) is 20.2 Å². The van der Waals surface area contributed by atoms with Crippen molar-refractivity contribution in [3.8, 4) is 0 Å². The molecule has 3 unspecified atom stereocenters. The summed E-state index contributed by atoms with van der Waals surface area (Å²) in [6.45, 7) is 2.31. The zero-order valence-electron chi connectivity index (χ0n) is 11.3. The molecule has 0 bridgehead atoms. The quantitative estimate of drug-likeness (QED) is 0.834. The molecule has 0 spiro atoms. The first-order valence-electron chi connectivity index (χ1n) is 7.52. The normalized spacial score (nSPS) is 30.1. The van der Waals surface area contributed by atoms with Gasteiger partial charge in [0, 0.05) is 0 Å². The van der Waals surface area contributed by atoms with E-state index in [4.69, 9.17) is 0 Å². The van der Waals surface area contributed by atoms with Crippen molar-refractivity contribution in [1.82, 2.24) is 0 Å². The van der Waals surface area contributed by atoms with Crippen molar-refractivity contribution in [3.05, 3.63) is 35.4 Å². The van der Waals surface area contributed by atoms with Crippen molar-refractivity contribution in [2.45, 2.75) is 57.5 Å². The van der Waals surface area contributed by atoms with E-state index >= 15 is 0 Å². The minimum atomic E-state index is -0.230. The second kappa shape index (κ2) is 5.05. The van der Waals surface area contributed by atoms with Gasteiger partial charge in [-0.2, -0.15) is 0 Å². The number of aliphatic hydroxyl groups excluding tert-OH is 1. The van der Waals surface area contributed by atoms with Crippen LogP contribution >= 0.6 is 0 Å². The Bertz CT molecular complexity index is 408. The van der Waals surface area contributed by atoms with Gasteiger partial charge in [-0.1, -0.05) is 44.0 Å². The lowest BCUT2D eigenvalue weighted by Crippen LogP contribution is -2.16. The van der Waals surface area contributed by atoms with Crippen LogP contribution in [0.2, 0.25) is 0 Å². The number of rotatable bonds is 3. The predicted octanol–water partition coefficient (Wildman–Crippen LogP) is 4.42. The van der Waals surface area contributed by atoms with Gasteiger partial charge in [-0.25, -0.2) is 0 Å². The fraction of sp³-hybridized carbons (Fsp3) is 0.647. The van der Waals surface area contributed by atoms with Crippen molar-refractivity contribution in [3.63, 3.8) is 0 Å². The predicted molar refractivity (Wildman–Crippen MR) is 74.5 cm³/mol. The average molecular weight is 244 g/mol. The van der Waals surface area contributed by atoms with Crippen molar-refractivity contribution in [1.29, 1.82) is 0 Å². The molecule has 1 N–H and O–H groups in total. The summed E-state index contributed by atoms with van der Waals surface area (Å²) in [5.74, 6) is 2.00. The van der Waals surface area contributed by atoms with Crippen LogP contribution in [0.5, 0.6) is 0 Å². The molecule has 1 aromatic rings. The van der Waals surface area contributed by atoms with Crippen molar-refractivity contribution in [2.75, 3.05) is 0 Å².